The molecule has 276 valence electrons. The topological polar surface area (TPSA) is 110 Å². The second-order valence-electron chi connectivity index (χ2n) is 16.1. The fourth-order valence-corrected chi connectivity index (χ4v) is 7.54. The molecule has 0 unspecified atom stereocenters. The largest absolute Gasteiger partial charge is 0.458 e. The molecule has 9 heteroatoms. The number of nitrogens with zero attached hydrogens (tertiary/aromatic N) is 2. The van der Waals surface area contributed by atoms with E-state index in [0.29, 0.717) is 16.6 Å². The van der Waals surface area contributed by atoms with Gasteiger partial charge in [-0.25, -0.2) is 14.8 Å². The van der Waals surface area contributed by atoms with E-state index in [1.165, 1.54) is 49.0 Å². The van der Waals surface area contributed by atoms with Gasteiger partial charge in [-0.3, -0.25) is 9.59 Å². The molecule has 2 aromatic heterocycles. The van der Waals surface area contributed by atoms with Gasteiger partial charge in [0.25, 0.3) is 5.91 Å². The first-order valence-corrected chi connectivity index (χ1v) is 19.4. The lowest BCUT2D eigenvalue weighted by atomic mass is 9.78. The van der Waals surface area contributed by atoms with Crippen LogP contribution in [0.1, 0.15) is 119 Å². The van der Waals surface area contributed by atoms with Crippen LogP contribution in [0.15, 0.2) is 73.1 Å². The molecule has 8 nitrogen and oxygen atoms in total. The highest BCUT2D eigenvalue weighted by Gasteiger charge is 2.29. The molecular formula is C43H54N4O4S. The van der Waals surface area contributed by atoms with Crippen LogP contribution in [0.2, 0.25) is 0 Å². The SMILES string of the molecule is CC[C@H]1CC[C@H](c2ccc(-c3cnc(-c4ccc(C[C@H](NC(=O)c5ccc(C(C)(C)C)s5)C(=O)N[C@H](C)C(=O)OC(C)(C)C)cc4)nc3)cc2)CC1. The van der Waals surface area contributed by atoms with E-state index >= 15 is 0 Å². The number of amides is 2. The molecule has 1 fully saturated rings. The third-order valence-electron chi connectivity index (χ3n) is 9.75. The van der Waals surface area contributed by atoms with Gasteiger partial charge in [0.15, 0.2) is 5.82 Å². The van der Waals surface area contributed by atoms with E-state index in [1.54, 1.807) is 33.8 Å². The highest BCUT2D eigenvalue weighted by atomic mass is 32.1. The summed E-state index contributed by atoms with van der Waals surface area (Å²) in [7, 11) is 0. The van der Waals surface area contributed by atoms with Gasteiger partial charge in [0, 0.05) is 34.8 Å². The molecule has 2 N–H and O–H groups in total. The molecule has 1 saturated carbocycles. The third-order valence-corrected chi connectivity index (χ3v) is 11.3. The van der Waals surface area contributed by atoms with Crippen molar-refractivity contribution in [1.29, 1.82) is 0 Å². The predicted molar refractivity (Wildman–Crippen MR) is 209 cm³/mol. The quantitative estimate of drug-likeness (QED) is 0.150. The average molecular weight is 723 g/mol. The number of hydrogen-bond acceptors (Lipinski definition) is 7. The summed E-state index contributed by atoms with van der Waals surface area (Å²) in [6.45, 7) is 15.5. The molecule has 0 saturated heterocycles. The van der Waals surface area contributed by atoms with Crippen molar-refractivity contribution >= 4 is 29.1 Å². The monoisotopic (exact) mass is 722 g/mol. The van der Waals surface area contributed by atoms with Crippen LogP contribution < -0.4 is 10.6 Å². The summed E-state index contributed by atoms with van der Waals surface area (Å²) in [5.74, 6) is 0.779. The van der Waals surface area contributed by atoms with Crippen LogP contribution in [0.4, 0.5) is 0 Å². The zero-order chi connectivity index (χ0) is 37.6. The number of nitrogens with one attached hydrogen (secondary N) is 2. The minimum absolute atomic E-state index is 0.104. The normalized spacial score (nSPS) is 17.5. The zero-order valence-electron chi connectivity index (χ0n) is 31.9. The Bertz CT molecular complexity index is 1810. The maximum Gasteiger partial charge on any atom is 0.328 e. The Morgan fingerprint density at radius 2 is 1.42 bits per heavy atom. The minimum Gasteiger partial charge on any atom is -0.458 e. The van der Waals surface area contributed by atoms with Crippen molar-refractivity contribution < 1.29 is 19.1 Å². The van der Waals surface area contributed by atoms with E-state index in [-0.39, 0.29) is 17.7 Å². The molecule has 2 amide bonds. The van der Waals surface area contributed by atoms with Gasteiger partial charge in [-0.1, -0.05) is 82.6 Å². The van der Waals surface area contributed by atoms with Crippen molar-refractivity contribution in [2.24, 2.45) is 5.92 Å². The fraction of sp³-hybridized carbons (Fsp3) is 0.465. The van der Waals surface area contributed by atoms with Crippen molar-refractivity contribution in [3.63, 3.8) is 0 Å². The van der Waals surface area contributed by atoms with Crippen LogP contribution >= 0.6 is 11.3 Å². The molecule has 0 radical (unpaired) electrons. The molecule has 1 aliphatic carbocycles. The molecule has 0 spiro atoms. The van der Waals surface area contributed by atoms with Crippen molar-refractivity contribution in [2.45, 2.75) is 123 Å². The molecule has 2 atom stereocenters. The van der Waals surface area contributed by atoms with E-state index in [2.05, 4.69) is 72.6 Å². The van der Waals surface area contributed by atoms with Gasteiger partial charge < -0.3 is 15.4 Å². The van der Waals surface area contributed by atoms with Gasteiger partial charge in [-0.05, 0) is 99.5 Å². The van der Waals surface area contributed by atoms with Crippen molar-refractivity contribution in [3.8, 4) is 22.5 Å². The standard InChI is InChI=1S/C43H54N4O4S/c1-9-28-10-14-30(15-11-28)31-18-20-32(21-19-31)34-25-44-38(45-26-34)33-16-12-29(13-17-33)24-35(39(48)46-27(2)41(50)51-43(6,7)8)47-40(49)36-22-23-37(52-36)42(3,4)5/h12-13,16-23,25-28,30,35H,9-11,14-15,24H2,1-8H3,(H,46,48)(H,47,49)/t27-,28-,30-,35+/m1/s1. The Morgan fingerprint density at radius 3 is 1.98 bits per heavy atom. The van der Waals surface area contributed by atoms with Crippen LogP contribution in [0.25, 0.3) is 22.5 Å². The molecule has 1 aliphatic rings. The second kappa shape index (κ2) is 16.5. The lowest BCUT2D eigenvalue weighted by Crippen LogP contribution is -2.52. The predicted octanol–water partition coefficient (Wildman–Crippen LogP) is 9.04. The van der Waals surface area contributed by atoms with Gasteiger partial charge in [-0.2, -0.15) is 0 Å². The Hall–Kier alpha value is -4.37. The first-order chi connectivity index (χ1) is 24.6. The van der Waals surface area contributed by atoms with Crippen LogP contribution in [0.5, 0.6) is 0 Å². The second-order valence-corrected chi connectivity index (χ2v) is 17.2. The fourth-order valence-electron chi connectivity index (χ4n) is 6.57. The molecule has 4 aromatic rings. The van der Waals surface area contributed by atoms with Crippen LogP contribution in [0.3, 0.4) is 0 Å². The van der Waals surface area contributed by atoms with Crippen LogP contribution in [0, 0.1) is 5.92 Å². The molecule has 5 rings (SSSR count). The van der Waals surface area contributed by atoms with Gasteiger partial charge >= 0.3 is 5.97 Å². The van der Waals surface area contributed by atoms with Crippen molar-refractivity contribution in [2.75, 3.05) is 0 Å². The molecule has 2 aromatic carbocycles. The highest BCUT2D eigenvalue weighted by Crippen LogP contribution is 2.37. The lowest BCUT2D eigenvalue weighted by Gasteiger charge is -2.28. The maximum atomic E-state index is 13.6. The summed E-state index contributed by atoms with van der Waals surface area (Å²) in [5, 5.41) is 5.66. The number of carbonyl (C=O) groups is 3. The molecule has 2 heterocycles. The number of ether oxygens (including phenoxy) is 1. The Balaban J connectivity index is 1.26. The van der Waals surface area contributed by atoms with E-state index < -0.39 is 29.6 Å². The summed E-state index contributed by atoms with van der Waals surface area (Å²) < 4.78 is 5.45. The van der Waals surface area contributed by atoms with Crippen LogP contribution in [-0.4, -0.2) is 45.4 Å². The summed E-state index contributed by atoms with van der Waals surface area (Å²) in [6, 6.07) is 18.4. The highest BCUT2D eigenvalue weighted by molar-refractivity contribution is 7.14. The maximum absolute atomic E-state index is 13.6. The molecular weight excluding hydrogens is 669 g/mol. The Kier molecular flexibility index (Phi) is 12.4. The van der Waals surface area contributed by atoms with Crippen molar-refractivity contribution in [1.82, 2.24) is 20.6 Å². The number of esters is 1. The molecule has 52 heavy (non-hydrogen) atoms. The smallest absolute Gasteiger partial charge is 0.328 e. The third kappa shape index (κ3) is 10.4. The summed E-state index contributed by atoms with van der Waals surface area (Å²) in [4.78, 5) is 50.5. The summed E-state index contributed by atoms with van der Waals surface area (Å²) in [6.07, 6.45) is 10.4. The number of benzene rings is 2. The van der Waals surface area contributed by atoms with Gasteiger partial charge in [0.1, 0.15) is 17.7 Å². The van der Waals surface area contributed by atoms with Gasteiger partial charge in [0.05, 0.1) is 4.88 Å². The number of rotatable bonds is 11. The minimum atomic E-state index is -0.934. The first-order valence-electron chi connectivity index (χ1n) is 18.6. The first kappa shape index (κ1) is 38.9. The lowest BCUT2D eigenvalue weighted by molar-refractivity contribution is -0.158. The van der Waals surface area contributed by atoms with Crippen molar-refractivity contribution in [3.05, 3.63) is 93.9 Å². The number of thiophene rings is 1. The van der Waals surface area contributed by atoms with Gasteiger partial charge in [-0.15, -0.1) is 11.3 Å². The number of carbonyl (C=O) groups excluding carboxylic acids is 3. The van der Waals surface area contributed by atoms with E-state index in [1.807, 2.05) is 42.7 Å². The number of aromatic nitrogens is 2. The molecule has 0 aliphatic heterocycles. The molecule has 0 bridgehead atoms. The Labute approximate surface area is 313 Å². The van der Waals surface area contributed by atoms with E-state index in [0.717, 1.165) is 33.0 Å². The van der Waals surface area contributed by atoms with Gasteiger partial charge in [0.2, 0.25) is 5.91 Å². The average Bonchev–Trinajstić information content (AvgIpc) is 3.63. The van der Waals surface area contributed by atoms with Crippen LogP contribution in [-0.2, 0) is 26.2 Å². The number of hydrogen-bond donors (Lipinski definition) is 2. The van der Waals surface area contributed by atoms with E-state index in [9.17, 15) is 14.4 Å². The summed E-state index contributed by atoms with van der Waals surface area (Å²) >= 11 is 1.41. The van der Waals surface area contributed by atoms with E-state index in [4.69, 9.17) is 4.74 Å². The zero-order valence-corrected chi connectivity index (χ0v) is 32.7. The summed E-state index contributed by atoms with van der Waals surface area (Å²) in [5.41, 5.74) is 4.35. The Morgan fingerprint density at radius 1 is 0.808 bits per heavy atom.